The van der Waals surface area contributed by atoms with E-state index in [0.29, 0.717) is 17.7 Å². The van der Waals surface area contributed by atoms with E-state index in [4.69, 9.17) is 0 Å². The molecule has 9 nitrogen and oxygen atoms in total. The van der Waals surface area contributed by atoms with E-state index < -0.39 is 32.3 Å². The Hall–Kier alpha value is -4.58. The van der Waals surface area contributed by atoms with Crippen molar-refractivity contribution in [3.05, 3.63) is 94.5 Å². The molecule has 3 aromatic rings. The Balaban J connectivity index is 1.41. The van der Waals surface area contributed by atoms with Crippen LogP contribution >= 0.6 is 11.3 Å². The van der Waals surface area contributed by atoms with Crippen molar-refractivity contribution in [1.82, 2.24) is 10.3 Å². The molecule has 4 rings (SSSR count). The second-order valence-corrected chi connectivity index (χ2v) is 12.8. The molecule has 1 aliphatic rings. The number of carbonyl (C=O) groups is 2. The van der Waals surface area contributed by atoms with Crippen LogP contribution in [0.5, 0.6) is 0 Å². The number of hydrogen-bond donors (Lipinski definition) is 2. The van der Waals surface area contributed by atoms with Crippen molar-refractivity contribution in [3.63, 3.8) is 0 Å². The first-order valence-corrected chi connectivity index (χ1v) is 14.7. The Bertz CT molecular complexity index is 1720. The van der Waals surface area contributed by atoms with Gasteiger partial charge >= 0.3 is 0 Å². The fourth-order valence-electron chi connectivity index (χ4n) is 4.09. The Morgan fingerprint density at radius 2 is 1.93 bits per heavy atom. The highest BCUT2D eigenvalue weighted by Crippen LogP contribution is 2.40. The minimum absolute atomic E-state index is 0.0360. The van der Waals surface area contributed by atoms with Crippen LogP contribution in [0.15, 0.2) is 77.0 Å². The summed E-state index contributed by atoms with van der Waals surface area (Å²) in [6, 6.07) is 17.3. The number of sulfone groups is 1. The van der Waals surface area contributed by atoms with Gasteiger partial charge in [-0.2, -0.15) is 10.5 Å². The second kappa shape index (κ2) is 11.7. The zero-order valence-corrected chi connectivity index (χ0v) is 23.3. The van der Waals surface area contributed by atoms with Gasteiger partial charge in [0.05, 0.1) is 40.1 Å². The number of allylic oxidation sites excluding steroid dienone is 4. The summed E-state index contributed by atoms with van der Waals surface area (Å²) in [7, 11) is -3.55. The molecule has 0 spiro atoms. The third kappa shape index (κ3) is 6.01. The average molecular weight is 572 g/mol. The predicted octanol–water partition coefficient (Wildman–Crippen LogP) is 4.37. The summed E-state index contributed by atoms with van der Waals surface area (Å²) >= 11 is 1.16. The molecule has 202 valence electrons. The van der Waals surface area contributed by atoms with Gasteiger partial charge in [-0.3, -0.25) is 9.59 Å². The normalized spacial score (nSPS) is 16.5. The molecule has 0 radical (unpaired) electrons. The maximum Gasteiger partial charge on any atom is 0.251 e. The molecular weight excluding hydrogens is 546 g/mol. The van der Waals surface area contributed by atoms with Gasteiger partial charge < -0.3 is 10.6 Å². The summed E-state index contributed by atoms with van der Waals surface area (Å²) in [5.41, 5.74) is 1.79. The minimum atomic E-state index is -3.55. The molecule has 0 saturated carbocycles. The van der Waals surface area contributed by atoms with Crippen LogP contribution in [0.1, 0.15) is 47.4 Å². The number of aromatic nitrogens is 1. The van der Waals surface area contributed by atoms with E-state index in [1.807, 2.05) is 12.1 Å². The molecule has 2 N–H and O–H groups in total. The molecule has 0 bridgehead atoms. The molecule has 1 unspecified atom stereocenters. The van der Waals surface area contributed by atoms with Crippen molar-refractivity contribution in [2.75, 3.05) is 11.9 Å². The van der Waals surface area contributed by atoms with Gasteiger partial charge in [-0.05, 0) is 55.3 Å². The Labute approximate surface area is 236 Å². The SMILES string of the molecule is CC(C)S(=O)(=O)c1cccc(C(=O)NCC(=O)Nc2nc(C3(C#N)C=CC=C(c4cccc(C#N)c4)C3)cs2)c1. The summed E-state index contributed by atoms with van der Waals surface area (Å²) in [5, 5.41) is 25.8. The van der Waals surface area contributed by atoms with Crippen LogP contribution in [-0.4, -0.2) is 37.0 Å². The fraction of sp³-hybridized carbons (Fsp3) is 0.207. The molecule has 2 aromatic carbocycles. The smallest absolute Gasteiger partial charge is 0.251 e. The van der Waals surface area contributed by atoms with Gasteiger partial charge in [-0.1, -0.05) is 36.4 Å². The Kier molecular flexibility index (Phi) is 8.29. The van der Waals surface area contributed by atoms with E-state index >= 15 is 0 Å². The molecule has 1 aromatic heterocycles. The lowest BCUT2D eigenvalue weighted by Gasteiger charge is -2.25. The van der Waals surface area contributed by atoms with Crippen LogP contribution in [0.3, 0.4) is 0 Å². The van der Waals surface area contributed by atoms with Crippen LogP contribution in [0, 0.1) is 22.7 Å². The molecule has 0 aliphatic heterocycles. The van der Waals surface area contributed by atoms with Crippen molar-refractivity contribution < 1.29 is 18.0 Å². The number of amides is 2. The first-order valence-electron chi connectivity index (χ1n) is 12.3. The topological polar surface area (TPSA) is 153 Å². The number of anilines is 1. The molecule has 1 heterocycles. The van der Waals surface area contributed by atoms with Gasteiger partial charge in [0, 0.05) is 17.4 Å². The molecule has 1 atom stereocenters. The van der Waals surface area contributed by atoms with E-state index in [2.05, 4.69) is 27.8 Å². The average Bonchev–Trinajstić information content (AvgIpc) is 3.45. The molecular formula is C29H25N5O4S2. The van der Waals surface area contributed by atoms with Crippen molar-refractivity contribution in [2.24, 2.45) is 0 Å². The number of nitrogens with one attached hydrogen (secondary N) is 2. The zero-order valence-electron chi connectivity index (χ0n) is 21.7. The quantitative estimate of drug-likeness (QED) is 0.407. The maximum atomic E-state index is 12.6. The van der Waals surface area contributed by atoms with E-state index in [1.54, 1.807) is 49.6 Å². The van der Waals surface area contributed by atoms with Gasteiger partial charge in [0.15, 0.2) is 15.0 Å². The van der Waals surface area contributed by atoms with Crippen molar-refractivity contribution >= 4 is 43.7 Å². The number of carbonyl (C=O) groups excluding carboxylic acids is 2. The fourth-order valence-corrected chi connectivity index (χ4v) is 6.01. The van der Waals surface area contributed by atoms with Crippen LogP contribution in [0.25, 0.3) is 5.57 Å². The standard InChI is InChI=1S/C29H25N5O4S2/c1-19(2)40(37,38)24-10-4-8-22(13-24)27(36)32-16-26(35)34-28-33-25(17-39-28)29(18-31)11-5-9-23(14-29)21-7-3-6-20(12-21)15-30/h3-13,17,19H,14,16H2,1-2H3,(H,32,36)(H,33,34,35). The number of hydrogen-bond acceptors (Lipinski definition) is 8. The highest BCUT2D eigenvalue weighted by atomic mass is 32.2. The molecule has 40 heavy (non-hydrogen) atoms. The van der Waals surface area contributed by atoms with Crippen LogP contribution in [0.2, 0.25) is 0 Å². The molecule has 0 fully saturated rings. The molecule has 11 heteroatoms. The monoisotopic (exact) mass is 571 g/mol. The highest BCUT2D eigenvalue weighted by Gasteiger charge is 2.35. The zero-order chi connectivity index (χ0) is 28.9. The van der Waals surface area contributed by atoms with Crippen molar-refractivity contribution in [3.8, 4) is 12.1 Å². The largest absolute Gasteiger partial charge is 0.343 e. The van der Waals surface area contributed by atoms with E-state index in [0.717, 1.165) is 22.5 Å². The summed E-state index contributed by atoms with van der Waals surface area (Å²) in [4.78, 5) is 29.6. The van der Waals surface area contributed by atoms with Gasteiger partial charge in [0.1, 0.15) is 5.41 Å². The number of thiazole rings is 1. The van der Waals surface area contributed by atoms with E-state index in [9.17, 15) is 28.5 Å². The van der Waals surface area contributed by atoms with Crippen LogP contribution in [-0.2, 0) is 20.0 Å². The molecule has 1 aliphatic carbocycles. The summed E-state index contributed by atoms with van der Waals surface area (Å²) in [5.74, 6) is -1.12. The number of nitriles is 2. The predicted molar refractivity (Wildman–Crippen MR) is 152 cm³/mol. The molecule has 0 saturated heterocycles. The highest BCUT2D eigenvalue weighted by molar-refractivity contribution is 7.92. The second-order valence-electron chi connectivity index (χ2n) is 9.39. The lowest BCUT2D eigenvalue weighted by atomic mass is 9.75. The maximum absolute atomic E-state index is 12.6. The minimum Gasteiger partial charge on any atom is -0.343 e. The Morgan fingerprint density at radius 3 is 2.65 bits per heavy atom. The third-order valence-corrected chi connectivity index (χ3v) is 9.28. The van der Waals surface area contributed by atoms with E-state index in [1.165, 1.54) is 24.3 Å². The summed E-state index contributed by atoms with van der Waals surface area (Å²) < 4.78 is 24.8. The number of benzene rings is 2. The molecule has 2 amide bonds. The van der Waals surface area contributed by atoms with Gasteiger partial charge in [-0.25, -0.2) is 13.4 Å². The Morgan fingerprint density at radius 1 is 1.15 bits per heavy atom. The third-order valence-electron chi connectivity index (χ3n) is 6.37. The van der Waals surface area contributed by atoms with Crippen molar-refractivity contribution in [2.45, 2.75) is 35.8 Å². The lowest BCUT2D eigenvalue weighted by molar-refractivity contribution is -0.115. The summed E-state index contributed by atoms with van der Waals surface area (Å²) in [6.07, 6.45) is 5.79. The van der Waals surface area contributed by atoms with Crippen LogP contribution < -0.4 is 10.6 Å². The first-order chi connectivity index (χ1) is 19.1. The van der Waals surface area contributed by atoms with Gasteiger partial charge in [-0.15, -0.1) is 11.3 Å². The number of nitrogens with zero attached hydrogens (tertiary/aromatic N) is 3. The van der Waals surface area contributed by atoms with Gasteiger partial charge in [0.25, 0.3) is 5.91 Å². The van der Waals surface area contributed by atoms with Crippen LogP contribution in [0.4, 0.5) is 5.13 Å². The van der Waals surface area contributed by atoms with Gasteiger partial charge in [0.2, 0.25) is 5.91 Å². The summed E-state index contributed by atoms with van der Waals surface area (Å²) in [6.45, 7) is 2.76. The number of rotatable bonds is 8. The van der Waals surface area contributed by atoms with Crippen molar-refractivity contribution in [1.29, 1.82) is 10.5 Å². The lowest BCUT2D eigenvalue weighted by Crippen LogP contribution is -2.33. The first kappa shape index (κ1) is 28.4. The van der Waals surface area contributed by atoms with E-state index in [-0.39, 0.29) is 22.1 Å².